The molecule has 1 fully saturated rings. The van der Waals surface area contributed by atoms with Crippen LogP contribution < -0.4 is 10.1 Å². The van der Waals surface area contributed by atoms with Crippen molar-refractivity contribution in [3.63, 3.8) is 0 Å². The van der Waals surface area contributed by atoms with Gasteiger partial charge in [0.25, 0.3) is 0 Å². The summed E-state index contributed by atoms with van der Waals surface area (Å²) in [4.78, 5) is 12.9. The zero-order valence-corrected chi connectivity index (χ0v) is 19.5. The Morgan fingerprint density at radius 2 is 1.91 bits per heavy atom. The van der Waals surface area contributed by atoms with Crippen molar-refractivity contribution in [1.29, 1.82) is 0 Å². The van der Waals surface area contributed by atoms with Gasteiger partial charge in [0.1, 0.15) is 5.75 Å². The third-order valence-electron chi connectivity index (χ3n) is 6.79. The molecular weight excluding hydrogens is 408 g/mol. The molecular formula is C29H30N2O2. The molecule has 3 aromatic carbocycles. The number of aryl methyl sites for hydroxylation is 2. The maximum Gasteiger partial charge on any atom is 0.224 e. The Balaban J connectivity index is 1.33. The molecule has 1 aromatic heterocycles. The van der Waals surface area contributed by atoms with Crippen molar-refractivity contribution in [2.24, 2.45) is 5.92 Å². The summed E-state index contributed by atoms with van der Waals surface area (Å²) < 4.78 is 7.62. The fourth-order valence-corrected chi connectivity index (χ4v) is 4.79. The lowest BCUT2D eigenvalue weighted by molar-refractivity contribution is -0.122. The van der Waals surface area contributed by atoms with E-state index in [4.69, 9.17) is 4.74 Å². The molecule has 5 rings (SSSR count). The zero-order valence-electron chi connectivity index (χ0n) is 19.5. The number of aromatic nitrogens is 1. The van der Waals surface area contributed by atoms with Crippen LogP contribution in [0.5, 0.6) is 5.75 Å². The van der Waals surface area contributed by atoms with E-state index >= 15 is 0 Å². The van der Waals surface area contributed by atoms with Crippen LogP contribution in [0.3, 0.4) is 0 Å². The third kappa shape index (κ3) is 4.38. The first-order chi connectivity index (χ1) is 16.0. The van der Waals surface area contributed by atoms with Gasteiger partial charge in [-0.2, -0.15) is 0 Å². The molecule has 1 heterocycles. The molecule has 0 saturated heterocycles. The number of rotatable bonds is 7. The molecule has 0 aliphatic heterocycles. The van der Waals surface area contributed by atoms with E-state index in [1.807, 2.05) is 24.3 Å². The third-order valence-corrected chi connectivity index (χ3v) is 6.79. The van der Waals surface area contributed by atoms with Crippen molar-refractivity contribution in [2.75, 3.05) is 7.11 Å². The molecule has 33 heavy (non-hydrogen) atoms. The Labute approximate surface area is 195 Å². The minimum atomic E-state index is 0.0376. The average molecular weight is 439 g/mol. The predicted molar refractivity (Wildman–Crippen MR) is 133 cm³/mol. The fraction of sp³-hybridized carbons (Fsp3) is 0.276. The predicted octanol–water partition coefficient (Wildman–Crippen LogP) is 5.73. The second-order valence-electron chi connectivity index (χ2n) is 9.18. The van der Waals surface area contributed by atoms with E-state index in [1.54, 1.807) is 7.11 Å². The van der Waals surface area contributed by atoms with Gasteiger partial charge in [0, 0.05) is 36.1 Å². The van der Waals surface area contributed by atoms with Crippen molar-refractivity contribution in [1.82, 2.24) is 9.88 Å². The van der Waals surface area contributed by atoms with Crippen molar-refractivity contribution >= 4 is 16.8 Å². The van der Waals surface area contributed by atoms with Crippen LogP contribution in [0, 0.1) is 19.8 Å². The van der Waals surface area contributed by atoms with Crippen LogP contribution in [-0.2, 0) is 17.9 Å². The lowest BCUT2D eigenvalue weighted by Crippen LogP contribution is -2.24. The molecule has 0 spiro atoms. The Morgan fingerprint density at radius 3 is 2.76 bits per heavy atom. The summed E-state index contributed by atoms with van der Waals surface area (Å²) in [6, 6.07) is 23.0. The number of nitrogens with one attached hydrogen (secondary N) is 1. The number of ether oxygens (including phenoxy) is 1. The minimum Gasteiger partial charge on any atom is -0.497 e. The topological polar surface area (TPSA) is 43.3 Å². The van der Waals surface area contributed by atoms with Gasteiger partial charge in [0.15, 0.2) is 0 Å². The molecule has 1 aliphatic carbocycles. The van der Waals surface area contributed by atoms with Crippen LogP contribution in [0.1, 0.15) is 40.2 Å². The summed E-state index contributed by atoms with van der Waals surface area (Å²) in [6.07, 6.45) is 3.17. The number of hydrogen-bond donors (Lipinski definition) is 1. The molecule has 168 valence electrons. The highest BCUT2D eigenvalue weighted by Crippen LogP contribution is 2.50. The Kier molecular flexibility index (Phi) is 5.67. The highest BCUT2D eigenvalue weighted by molar-refractivity contribution is 5.89. The number of nitrogens with zero attached hydrogens (tertiary/aromatic N) is 1. The number of fused-ring (bicyclic) bond motifs is 1. The maximum atomic E-state index is 12.9. The van der Waals surface area contributed by atoms with Crippen molar-refractivity contribution < 1.29 is 9.53 Å². The quantitative estimate of drug-likeness (QED) is 0.400. The Bertz CT molecular complexity index is 1320. The number of carbonyl (C=O) groups is 1. The Morgan fingerprint density at radius 1 is 1.06 bits per heavy atom. The molecule has 1 saturated carbocycles. The van der Waals surface area contributed by atoms with E-state index in [0.29, 0.717) is 6.54 Å². The van der Waals surface area contributed by atoms with Crippen LogP contribution in [0.4, 0.5) is 0 Å². The summed E-state index contributed by atoms with van der Waals surface area (Å²) in [7, 11) is 1.66. The first-order valence-electron chi connectivity index (χ1n) is 11.6. The van der Waals surface area contributed by atoms with Crippen LogP contribution in [0.25, 0.3) is 10.9 Å². The number of hydrogen-bond acceptors (Lipinski definition) is 2. The maximum absolute atomic E-state index is 12.9. The lowest BCUT2D eigenvalue weighted by Gasteiger charge is -2.10. The zero-order chi connectivity index (χ0) is 22.9. The van der Waals surface area contributed by atoms with Gasteiger partial charge in [-0.15, -0.1) is 0 Å². The molecule has 1 amide bonds. The van der Waals surface area contributed by atoms with Gasteiger partial charge < -0.3 is 14.6 Å². The van der Waals surface area contributed by atoms with Crippen molar-refractivity contribution in [3.05, 3.63) is 101 Å². The molecule has 1 aliphatic rings. The number of carbonyl (C=O) groups excluding carboxylic acids is 1. The normalized spacial score (nSPS) is 17.2. The number of benzene rings is 3. The minimum absolute atomic E-state index is 0.0376. The molecule has 1 N–H and O–H groups in total. The van der Waals surface area contributed by atoms with Gasteiger partial charge in [0.2, 0.25) is 5.91 Å². The summed E-state index contributed by atoms with van der Waals surface area (Å²) in [5.41, 5.74) is 7.49. The molecule has 0 bridgehead atoms. The number of amides is 1. The molecule has 0 radical (unpaired) electrons. The van der Waals surface area contributed by atoms with Crippen LogP contribution in [0.15, 0.2) is 72.9 Å². The smallest absolute Gasteiger partial charge is 0.224 e. The average Bonchev–Trinajstić information content (AvgIpc) is 3.55. The van der Waals surface area contributed by atoms with E-state index in [2.05, 4.69) is 72.4 Å². The van der Waals surface area contributed by atoms with Crippen molar-refractivity contribution in [2.45, 2.75) is 39.3 Å². The van der Waals surface area contributed by atoms with Gasteiger partial charge in [-0.1, -0.05) is 54.1 Å². The van der Waals surface area contributed by atoms with Gasteiger partial charge in [0.05, 0.1) is 7.11 Å². The number of para-hydroxylation sites is 1. The van der Waals surface area contributed by atoms with Crippen molar-refractivity contribution in [3.8, 4) is 5.75 Å². The highest BCUT2D eigenvalue weighted by Gasteiger charge is 2.45. The van der Waals surface area contributed by atoms with E-state index in [9.17, 15) is 4.79 Å². The second kappa shape index (κ2) is 8.78. The molecule has 4 heteroatoms. The monoisotopic (exact) mass is 438 g/mol. The van der Waals surface area contributed by atoms with E-state index < -0.39 is 0 Å². The highest BCUT2D eigenvalue weighted by atomic mass is 16.5. The molecule has 0 unspecified atom stereocenters. The molecule has 2 atom stereocenters. The fourth-order valence-electron chi connectivity index (χ4n) is 4.79. The first kappa shape index (κ1) is 21.3. The van der Waals surface area contributed by atoms with Gasteiger partial charge in [-0.3, -0.25) is 4.79 Å². The van der Waals surface area contributed by atoms with E-state index in [1.165, 1.54) is 33.2 Å². The van der Waals surface area contributed by atoms with Gasteiger partial charge in [-0.05, 0) is 66.6 Å². The van der Waals surface area contributed by atoms with E-state index in [-0.39, 0.29) is 17.7 Å². The SMILES string of the molecule is COc1cccc(CNC(=O)[C@H]2C[C@@H]2c2cn(Cc3cc(C)ccc3C)c3ccccc23)c1. The van der Waals surface area contributed by atoms with E-state index in [0.717, 1.165) is 24.3 Å². The first-order valence-corrected chi connectivity index (χ1v) is 11.6. The van der Waals surface area contributed by atoms with Crippen LogP contribution in [-0.4, -0.2) is 17.6 Å². The van der Waals surface area contributed by atoms with Gasteiger partial charge >= 0.3 is 0 Å². The summed E-state index contributed by atoms with van der Waals surface area (Å²) in [5, 5.41) is 4.38. The number of methoxy groups -OCH3 is 1. The second-order valence-corrected chi connectivity index (χ2v) is 9.18. The largest absolute Gasteiger partial charge is 0.497 e. The Hall–Kier alpha value is -3.53. The molecule has 4 aromatic rings. The van der Waals surface area contributed by atoms with Gasteiger partial charge in [-0.25, -0.2) is 0 Å². The molecule has 4 nitrogen and oxygen atoms in total. The van der Waals surface area contributed by atoms with Crippen LogP contribution in [0.2, 0.25) is 0 Å². The summed E-state index contributed by atoms with van der Waals surface area (Å²) >= 11 is 0. The standard InChI is InChI=1S/C29H30N2O2/c1-19-11-12-20(2)22(13-19)17-31-18-27(24-9-4-5-10-28(24)31)25-15-26(25)29(32)30-16-21-7-6-8-23(14-21)33-3/h4-14,18,25-26H,15-17H2,1-3H3,(H,30,32)/t25-,26-/m0/s1. The summed E-state index contributed by atoms with van der Waals surface area (Å²) in [5.74, 6) is 1.26. The summed E-state index contributed by atoms with van der Waals surface area (Å²) in [6.45, 7) is 5.67. The van der Waals surface area contributed by atoms with Crippen LogP contribution >= 0.6 is 0 Å². The lowest BCUT2D eigenvalue weighted by atomic mass is 10.1.